The van der Waals surface area contributed by atoms with E-state index in [4.69, 9.17) is 4.74 Å². The van der Waals surface area contributed by atoms with Crippen molar-refractivity contribution in [2.75, 3.05) is 31.7 Å². The van der Waals surface area contributed by atoms with E-state index in [0.717, 1.165) is 29.4 Å². The van der Waals surface area contributed by atoms with Crippen LogP contribution in [-0.4, -0.2) is 48.4 Å². The van der Waals surface area contributed by atoms with Crippen molar-refractivity contribution in [3.05, 3.63) is 29.8 Å². The third-order valence-electron chi connectivity index (χ3n) is 3.15. The first kappa shape index (κ1) is 13.4. The molecular weight excluding hydrogens is 246 g/mol. The van der Waals surface area contributed by atoms with E-state index in [1.807, 2.05) is 50.0 Å². The van der Waals surface area contributed by atoms with Crippen molar-refractivity contribution in [3.8, 4) is 5.75 Å². The van der Waals surface area contributed by atoms with E-state index in [1.165, 1.54) is 0 Å². The quantitative estimate of drug-likeness (QED) is 0.781. The van der Waals surface area contributed by atoms with Gasteiger partial charge in [0.05, 0.1) is 12.6 Å². The predicted molar refractivity (Wildman–Crippen MR) is 75.7 cm³/mol. The number of ether oxygens (including phenoxy) is 1. The summed E-state index contributed by atoms with van der Waals surface area (Å²) in [6.07, 6.45) is 0. The van der Waals surface area contributed by atoms with Crippen LogP contribution in [0.4, 0.5) is 0 Å². The molecule has 0 bridgehead atoms. The molecule has 98 valence electrons. The van der Waals surface area contributed by atoms with Crippen LogP contribution < -0.4 is 4.74 Å². The standard InChI is InChI=1S/C14H19NO2S/c1-3-17-12-6-4-11(5-7-12)14(16)13-10-18-9-8-15(13)2/h4-7,13H,3,8-10H2,1-2H3. The molecule has 0 spiro atoms. The maximum atomic E-state index is 12.4. The summed E-state index contributed by atoms with van der Waals surface area (Å²) in [4.78, 5) is 14.5. The lowest BCUT2D eigenvalue weighted by Crippen LogP contribution is -2.44. The van der Waals surface area contributed by atoms with E-state index in [9.17, 15) is 4.79 Å². The number of Topliss-reactive ketones (excluding diaryl/α,β-unsaturated/α-hetero) is 1. The van der Waals surface area contributed by atoms with Crippen molar-refractivity contribution in [3.63, 3.8) is 0 Å². The molecule has 0 saturated carbocycles. The van der Waals surface area contributed by atoms with Gasteiger partial charge in [-0.05, 0) is 38.2 Å². The molecule has 3 nitrogen and oxygen atoms in total. The maximum absolute atomic E-state index is 12.4. The zero-order valence-corrected chi connectivity index (χ0v) is 11.7. The summed E-state index contributed by atoms with van der Waals surface area (Å²) in [5.74, 6) is 3.04. The van der Waals surface area contributed by atoms with Crippen molar-refractivity contribution in [1.29, 1.82) is 0 Å². The molecule has 1 fully saturated rings. The van der Waals surface area contributed by atoms with Gasteiger partial charge in [0, 0.05) is 23.6 Å². The first-order valence-corrected chi connectivity index (χ1v) is 7.43. The number of rotatable bonds is 4. The normalized spacial score (nSPS) is 20.7. The molecule has 0 aliphatic carbocycles. The lowest BCUT2D eigenvalue weighted by Gasteiger charge is -2.30. The molecule has 0 N–H and O–H groups in total. The zero-order chi connectivity index (χ0) is 13.0. The van der Waals surface area contributed by atoms with Gasteiger partial charge in [-0.15, -0.1) is 0 Å². The molecule has 0 aromatic heterocycles. The fourth-order valence-corrected chi connectivity index (χ4v) is 3.25. The van der Waals surface area contributed by atoms with E-state index in [2.05, 4.69) is 4.90 Å². The van der Waals surface area contributed by atoms with Gasteiger partial charge in [-0.25, -0.2) is 0 Å². The van der Waals surface area contributed by atoms with Gasteiger partial charge in [0.2, 0.25) is 0 Å². The Labute approximate surface area is 113 Å². The Morgan fingerprint density at radius 1 is 1.44 bits per heavy atom. The molecule has 4 heteroatoms. The highest BCUT2D eigenvalue weighted by Gasteiger charge is 2.26. The number of thioether (sulfide) groups is 1. The zero-order valence-electron chi connectivity index (χ0n) is 10.9. The number of carbonyl (C=O) groups excluding carboxylic acids is 1. The van der Waals surface area contributed by atoms with Crippen LogP contribution in [0, 0.1) is 0 Å². The summed E-state index contributed by atoms with van der Waals surface area (Å²) in [7, 11) is 2.02. The molecule has 1 aliphatic heterocycles. The van der Waals surface area contributed by atoms with Crippen LogP contribution in [0.3, 0.4) is 0 Å². The molecule has 0 radical (unpaired) electrons. The van der Waals surface area contributed by atoms with Crippen molar-refractivity contribution >= 4 is 17.5 Å². The smallest absolute Gasteiger partial charge is 0.180 e. The number of likely N-dealkylation sites (N-methyl/N-ethyl adjacent to an activating group) is 1. The minimum atomic E-state index is 0.0155. The van der Waals surface area contributed by atoms with Gasteiger partial charge in [0.1, 0.15) is 5.75 Å². The number of hydrogen-bond donors (Lipinski definition) is 0. The maximum Gasteiger partial charge on any atom is 0.180 e. The first-order valence-electron chi connectivity index (χ1n) is 6.27. The Balaban J connectivity index is 2.08. The average Bonchev–Trinajstić information content (AvgIpc) is 2.40. The van der Waals surface area contributed by atoms with Gasteiger partial charge in [-0.3, -0.25) is 9.69 Å². The molecule has 2 rings (SSSR count). The third-order valence-corrected chi connectivity index (χ3v) is 4.17. The van der Waals surface area contributed by atoms with Gasteiger partial charge in [-0.1, -0.05) is 0 Å². The number of nitrogens with zero attached hydrogens (tertiary/aromatic N) is 1. The van der Waals surface area contributed by atoms with Crippen LogP contribution in [-0.2, 0) is 0 Å². The van der Waals surface area contributed by atoms with Crippen LogP contribution in [0.2, 0.25) is 0 Å². The van der Waals surface area contributed by atoms with Gasteiger partial charge in [0.25, 0.3) is 0 Å². The topological polar surface area (TPSA) is 29.5 Å². The van der Waals surface area contributed by atoms with Gasteiger partial charge in [-0.2, -0.15) is 11.8 Å². The third kappa shape index (κ3) is 3.06. The fraction of sp³-hybridized carbons (Fsp3) is 0.500. The van der Waals surface area contributed by atoms with Crippen LogP contribution in [0.15, 0.2) is 24.3 Å². The van der Waals surface area contributed by atoms with Crippen LogP contribution in [0.25, 0.3) is 0 Å². The molecular formula is C14H19NO2S. The number of benzene rings is 1. The summed E-state index contributed by atoms with van der Waals surface area (Å²) in [6.45, 7) is 3.58. The number of hydrogen-bond acceptors (Lipinski definition) is 4. The van der Waals surface area contributed by atoms with Crippen molar-refractivity contribution < 1.29 is 9.53 Å². The van der Waals surface area contributed by atoms with Crippen LogP contribution in [0.5, 0.6) is 5.75 Å². The molecule has 18 heavy (non-hydrogen) atoms. The second-order valence-electron chi connectivity index (χ2n) is 4.39. The van der Waals surface area contributed by atoms with E-state index in [-0.39, 0.29) is 11.8 Å². The lowest BCUT2D eigenvalue weighted by molar-refractivity contribution is 0.0874. The highest BCUT2D eigenvalue weighted by molar-refractivity contribution is 7.99. The summed E-state index contributed by atoms with van der Waals surface area (Å²) in [6, 6.07) is 7.47. The second kappa shape index (κ2) is 6.25. The fourth-order valence-electron chi connectivity index (χ4n) is 2.04. The molecule has 1 unspecified atom stereocenters. The monoisotopic (exact) mass is 265 g/mol. The summed E-state index contributed by atoms with van der Waals surface area (Å²) in [5.41, 5.74) is 0.776. The minimum Gasteiger partial charge on any atom is -0.494 e. The van der Waals surface area contributed by atoms with Gasteiger partial charge >= 0.3 is 0 Å². The van der Waals surface area contributed by atoms with E-state index in [0.29, 0.717) is 6.61 Å². The highest BCUT2D eigenvalue weighted by Crippen LogP contribution is 2.20. The molecule has 1 aliphatic rings. The first-order chi connectivity index (χ1) is 8.72. The Hall–Kier alpha value is -1.00. The van der Waals surface area contributed by atoms with Crippen molar-refractivity contribution in [1.82, 2.24) is 4.90 Å². The summed E-state index contributed by atoms with van der Waals surface area (Å²) < 4.78 is 5.38. The Kier molecular flexibility index (Phi) is 4.66. The van der Waals surface area contributed by atoms with E-state index >= 15 is 0 Å². The molecule has 1 atom stereocenters. The second-order valence-corrected chi connectivity index (χ2v) is 5.54. The molecule has 1 aromatic carbocycles. The summed E-state index contributed by atoms with van der Waals surface area (Å²) >= 11 is 1.85. The number of carbonyl (C=O) groups is 1. The Morgan fingerprint density at radius 2 is 2.17 bits per heavy atom. The van der Waals surface area contributed by atoms with Gasteiger partial charge in [0.15, 0.2) is 5.78 Å². The molecule has 1 heterocycles. The van der Waals surface area contributed by atoms with Crippen molar-refractivity contribution in [2.45, 2.75) is 13.0 Å². The molecule has 0 amide bonds. The highest BCUT2D eigenvalue weighted by atomic mass is 32.2. The van der Waals surface area contributed by atoms with Crippen LogP contribution >= 0.6 is 11.8 Å². The van der Waals surface area contributed by atoms with E-state index in [1.54, 1.807) is 0 Å². The lowest BCUT2D eigenvalue weighted by atomic mass is 10.0. The van der Waals surface area contributed by atoms with Crippen molar-refractivity contribution in [2.24, 2.45) is 0 Å². The molecule has 1 aromatic rings. The largest absolute Gasteiger partial charge is 0.494 e. The minimum absolute atomic E-state index is 0.0155. The Morgan fingerprint density at radius 3 is 2.78 bits per heavy atom. The van der Waals surface area contributed by atoms with E-state index < -0.39 is 0 Å². The van der Waals surface area contributed by atoms with Gasteiger partial charge < -0.3 is 4.74 Å². The molecule has 1 saturated heterocycles. The number of ketones is 1. The average molecular weight is 265 g/mol. The predicted octanol–water partition coefficient (Wildman–Crippen LogP) is 2.32. The Bertz CT molecular complexity index is 405. The van der Waals surface area contributed by atoms with Crippen LogP contribution in [0.1, 0.15) is 17.3 Å². The summed E-state index contributed by atoms with van der Waals surface area (Å²) in [5, 5.41) is 0. The SMILES string of the molecule is CCOc1ccc(C(=O)C2CSCCN2C)cc1.